The molecule has 0 saturated heterocycles. The molecule has 17 heavy (non-hydrogen) atoms. The van der Waals surface area contributed by atoms with Crippen LogP contribution >= 0.6 is 11.6 Å². The molecule has 1 aromatic carbocycles. The molecule has 1 aromatic rings. The zero-order valence-corrected chi connectivity index (χ0v) is 10.5. The smallest absolute Gasteiger partial charge is 0.325 e. The molecular formula is C11H14ClNO4. The van der Waals surface area contributed by atoms with E-state index in [1.807, 2.05) is 0 Å². The quantitative estimate of drug-likeness (QED) is 0.861. The van der Waals surface area contributed by atoms with Crippen molar-refractivity contribution in [2.24, 2.45) is 5.73 Å². The Hall–Kier alpha value is -1.46. The standard InChI is InChI=1S/C11H14ClNO4/c1-5-9(16-2)6(8(13)11(14)15)4-7(12)10(5)17-3/h4,8H,13H2,1-3H3,(H,14,15). The van der Waals surface area contributed by atoms with Gasteiger partial charge in [-0.3, -0.25) is 4.79 Å². The van der Waals surface area contributed by atoms with Gasteiger partial charge in [0.05, 0.1) is 19.2 Å². The number of carboxylic acids is 1. The topological polar surface area (TPSA) is 81.8 Å². The van der Waals surface area contributed by atoms with Gasteiger partial charge in [0.15, 0.2) is 0 Å². The molecule has 0 radical (unpaired) electrons. The summed E-state index contributed by atoms with van der Waals surface area (Å²) in [5.41, 5.74) is 6.51. The number of ether oxygens (including phenoxy) is 2. The van der Waals surface area contributed by atoms with Gasteiger partial charge in [0, 0.05) is 11.1 Å². The SMILES string of the molecule is COc1c(Cl)cc(C(N)C(=O)O)c(OC)c1C. The lowest BCUT2D eigenvalue weighted by Crippen LogP contribution is -2.21. The van der Waals surface area contributed by atoms with Crippen molar-refractivity contribution in [2.75, 3.05) is 14.2 Å². The predicted octanol–water partition coefficient (Wildman–Crippen LogP) is 1.75. The van der Waals surface area contributed by atoms with E-state index in [0.29, 0.717) is 27.6 Å². The van der Waals surface area contributed by atoms with Gasteiger partial charge in [-0.25, -0.2) is 0 Å². The lowest BCUT2D eigenvalue weighted by Gasteiger charge is -2.18. The fraction of sp³-hybridized carbons (Fsp3) is 0.364. The number of carbonyl (C=O) groups is 1. The van der Waals surface area contributed by atoms with E-state index < -0.39 is 12.0 Å². The van der Waals surface area contributed by atoms with E-state index in [1.165, 1.54) is 20.3 Å². The van der Waals surface area contributed by atoms with E-state index >= 15 is 0 Å². The Morgan fingerprint density at radius 1 is 1.41 bits per heavy atom. The van der Waals surface area contributed by atoms with E-state index in [9.17, 15) is 4.79 Å². The fourth-order valence-corrected chi connectivity index (χ4v) is 1.99. The molecule has 0 bridgehead atoms. The van der Waals surface area contributed by atoms with E-state index in [2.05, 4.69) is 0 Å². The molecule has 1 unspecified atom stereocenters. The summed E-state index contributed by atoms with van der Waals surface area (Å²) in [4.78, 5) is 10.9. The van der Waals surface area contributed by atoms with Crippen molar-refractivity contribution in [1.29, 1.82) is 0 Å². The predicted molar refractivity (Wildman–Crippen MR) is 63.9 cm³/mol. The molecule has 0 aliphatic heterocycles. The highest BCUT2D eigenvalue weighted by Gasteiger charge is 2.23. The first-order valence-corrected chi connectivity index (χ1v) is 5.21. The first-order chi connectivity index (χ1) is 7.93. The number of nitrogens with two attached hydrogens (primary N) is 1. The van der Waals surface area contributed by atoms with Crippen molar-refractivity contribution in [3.63, 3.8) is 0 Å². The van der Waals surface area contributed by atoms with Crippen LogP contribution in [0.3, 0.4) is 0 Å². The normalized spacial score (nSPS) is 12.1. The van der Waals surface area contributed by atoms with Gasteiger partial charge < -0.3 is 20.3 Å². The molecule has 3 N–H and O–H groups in total. The van der Waals surface area contributed by atoms with Crippen LogP contribution in [-0.4, -0.2) is 25.3 Å². The number of aliphatic carboxylic acids is 1. The lowest BCUT2D eigenvalue weighted by atomic mass is 10.0. The first kappa shape index (κ1) is 13.6. The molecule has 1 rings (SSSR count). The highest BCUT2D eigenvalue weighted by atomic mass is 35.5. The molecular weight excluding hydrogens is 246 g/mol. The van der Waals surface area contributed by atoms with Crippen LogP contribution in [-0.2, 0) is 4.79 Å². The van der Waals surface area contributed by atoms with Crippen LogP contribution in [0.1, 0.15) is 17.2 Å². The summed E-state index contributed by atoms with van der Waals surface area (Å²) in [6, 6.07) is 0.262. The van der Waals surface area contributed by atoms with E-state index in [-0.39, 0.29) is 0 Å². The minimum absolute atomic E-state index is 0.303. The maximum atomic E-state index is 10.9. The third kappa shape index (κ3) is 2.45. The molecule has 0 spiro atoms. The van der Waals surface area contributed by atoms with Gasteiger partial charge in [0.2, 0.25) is 0 Å². The maximum absolute atomic E-state index is 10.9. The monoisotopic (exact) mass is 259 g/mol. The lowest BCUT2D eigenvalue weighted by molar-refractivity contribution is -0.138. The van der Waals surface area contributed by atoms with Gasteiger partial charge in [-0.15, -0.1) is 0 Å². The number of hydrogen-bond donors (Lipinski definition) is 2. The van der Waals surface area contributed by atoms with Gasteiger partial charge in [-0.2, -0.15) is 0 Å². The summed E-state index contributed by atoms with van der Waals surface area (Å²) >= 11 is 5.98. The molecule has 5 nitrogen and oxygen atoms in total. The van der Waals surface area contributed by atoms with E-state index in [1.54, 1.807) is 6.92 Å². The van der Waals surface area contributed by atoms with Crippen molar-refractivity contribution in [2.45, 2.75) is 13.0 Å². The first-order valence-electron chi connectivity index (χ1n) is 4.83. The Kier molecular flexibility index (Phi) is 4.20. The molecule has 6 heteroatoms. The average Bonchev–Trinajstić information content (AvgIpc) is 2.27. The van der Waals surface area contributed by atoms with Crippen molar-refractivity contribution in [3.8, 4) is 11.5 Å². The van der Waals surface area contributed by atoms with Crippen molar-refractivity contribution < 1.29 is 19.4 Å². The number of carboxylic acid groups (broad SMARTS) is 1. The largest absolute Gasteiger partial charge is 0.496 e. The Morgan fingerprint density at radius 2 is 1.94 bits per heavy atom. The fourth-order valence-electron chi connectivity index (χ4n) is 1.65. The van der Waals surface area contributed by atoms with Crippen LogP contribution in [0, 0.1) is 6.92 Å². The van der Waals surface area contributed by atoms with Crippen LogP contribution < -0.4 is 15.2 Å². The number of benzene rings is 1. The third-order valence-electron chi connectivity index (χ3n) is 2.45. The minimum atomic E-state index is -1.19. The molecule has 1 atom stereocenters. The van der Waals surface area contributed by atoms with Crippen molar-refractivity contribution in [1.82, 2.24) is 0 Å². The summed E-state index contributed by atoms with van der Waals surface area (Å²) in [6.07, 6.45) is 0. The summed E-state index contributed by atoms with van der Waals surface area (Å²) in [5.74, 6) is -0.324. The van der Waals surface area contributed by atoms with Gasteiger partial charge in [-0.05, 0) is 13.0 Å². The minimum Gasteiger partial charge on any atom is -0.496 e. The summed E-state index contributed by atoms with van der Waals surface area (Å²) in [6.45, 7) is 1.72. The van der Waals surface area contributed by atoms with Gasteiger partial charge >= 0.3 is 5.97 Å². The number of methoxy groups -OCH3 is 2. The molecule has 94 valence electrons. The Bertz CT molecular complexity index is 448. The molecule has 0 fully saturated rings. The molecule has 0 amide bonds. The molecule has 0 saturated carbocycles. The summed E-state index contributed by atoms with van der Waals surface area (Å²) in [7, 11) is 2.91. The average molecular weight is 260 g/mol. The highest BCUT2D eigenvalue weighted by Crippen LogP contribution is 2.39. The van der Waals surface area contributed by atoms with Gasteiger partial charge in [-0.1, -0.05) is 11.6 Å². The zero-order chi connectivity index (χ0) is 13.2. The van der Waals surface area contributed by atoms with Crippen LogP contribution in [0.25, 0.3) is 0 Å². The van der Waals surface area contributed by atoms with E-state index in [4.69, 9.17) is 31.9 Å². The van der Waals surface area contributed by atoms with Crippen molar-refractivity contribution in [3.05, 3.63) is 22.2 Å². The van der Waals surface area contributed by atoms with Crippen LogP contribution in [0.2, 0.25) is 5.02 Å². The van der Waals surface area contributed by atoms with Crippen LogP contribution in [0.5, 0.6) is 11.5 Å². The van der Waals surface area contributed by atoms with Crippen LogP contribution in [0.15, 0.2) is 6.07 Å². The zero-order valence-electron chi connectivity index (χ0n) is 9.78. The Balaban J connectivity index is 3.46. The van der Waals surface area contributed by atoms with Crippen LogP contribution in [0.4, 0.5) is 0 Å². The molecule has 0 heterocycles. The Morgan fingerprint density at radius 3 is 2.35 bits per heavy atom. The molecule has 0 aliphatic carbocycles. The third-order valence-corrected chi connectivity index (χ3v) is 2.73. The second-order valence-corrected chi connectivity index (χ2v) is 3.86. The van der Waals surface area contributed by atoms with Gasteiger partial charge in [0.25, 0.3) is 0 Å². The Labute approximate surface area is 104 Å². The highest BCUT2D eigenvalue weighted by molar-refractivity contribution is 6.32. The summed E-state index contributed by atoms with van der Waals surface area (Å²) < 4.78 is 10.3. The van der Waals surface area contributed by atoms with Gasteiger partial charge in [0.1, 0.15) is 17.5 Å². The maximum Gasteiger partial charge on any atom is 0.325 e. The molecule has 0 aromatic heterocycles. The van der Waals surface area contributed by atoms with Crippen molar-refractivity contribution >= 4 is 17.6 Å². The summed E-state index contributed by atoms with van der Waals surface area (Å²) in [5, 5.41) is 9.21. The second-order valence-electron chi connectivity index (χ2n) is 3.46. The number of halogens is 1. The number of hydrogen-bond acceptors (Lipinski definition) is 4. The second kappa shape index (κ2) is 5.25. The van der Waals surface area contributed by atoms with E-state index in [0.717, 1.165) is 0 Å². The number of rotatable bonds is 4. The molecule has 0 aliphatic rings.